The first-order valence-electron chi connectivity index (χ1n) is 33.8. The quantitative estimate of drug-likeness (QED) is 0.0261. The summed E-state index contributed by atoms with van der Waals surface area (Å²) < 4.78 is 16.8. The molecule has 0 fully saturated rings. The zero-order chi connectivity index (χ0) is 59.2. The number of allylic oxidation sites excluding steroid dienone is 24. The van der Waals surface area contributed by atoms with Crippen LogP contribution in [0.15, 0.2) is 146 Å². The lowest BCUT2D eigenvalue weighted by Crippen LogP contribution is -2.30. The van der Waals surface area contributed by atoms with E-state index in [1.54, 1.807) is 0 Å². The van der Waals surface area contributed by atoms with Crippen molar-refractivity contribution in [2.75, 3.05) is 13.2 Å². The van der Waals surface area contributed by atoms with Gasteiger partial charge in [-0.1, -0.05) is 301 Å². The summed E-state index contributed by atoms with van der Waals surface area (Å²) in [6.45, 7) is 6.35. The Hall–Kier alpha value is -4.71. The molecule has 1 atom stereocenters. The van der Waals surface area contributed by atoms with Crippen molar-refractivity contribution in [1.82, 2.24) is 0 Å². The molecule has 0 saturated heterocycles. The monoisotopic (exact) mass is 1130 g/mol. The zero-order valence-electron chi connectivity index (χ0n) is 53.2. The van der Waals surface area contributed by atoms with Crippen LogP contribution in [0.2, 0.25) is 0 Å². The molecular weight excluding hydrogens is 1010 g/mol. The molecule has 0 bridgehead atoms. The number of rotatable bonds is 60. The van der Waals surface area contributed by atoms with E-state index in [4.69, 9.17) is 14.2 Å². The van der Waals surface area contributed by atoms with Crippen molar-refractivity contribution in [3.8, 4) is 0 Å². The highest BCUT2D eigenvalue weighted by molar-refractivity contribution is 5.71. The average molecular weight is 1130 g/mol. The number of hydrogen-bond acceptors (Lipinski definition) is 6. The van der Waals surface area contributed by atoms with E-state index in [0.29, 0.717) is 19.3 Å². The summed E-state index contributed by atoms with van der Waals surface area (Å²) in [6.07, 6.45) is 99.0. The van der Waals surface area contributed by atoms with Crippen molar-refractivity contribution in [3.63, 3.8) is 0 Å². The molecule has 0 rings (SSSR count). The molecule has 0 saturated carbocycles. The molecular formula is C76H124O6. The SMILES string of the molecule is CC/C=C\C/C=C\C/C=C\C/C=C\C/C=C\C/C=C\C/C=C\CCCCCCCCCCCCCC(=O)OCC(COC(=O)CCCCCCCC)OC(=O)CCCCCCCCCCC/C=C\C/C=C\C/C=C\C/C=C\C/C=C\CC. The van der Waals surface area contributed by atoms with Gasteiger partial charge in [-0.05, 0) is 122 Å². The third kappa shape index (κ3) is 66.1. The van der Waals surface area contributed by atoms with E-state index < -0.39 is 6.10 Å². The van der Waals surface area contributed by atoms with Crippen molar-refractivity contribution in [1.29, 1.82) is 0 Å². The van der Waals surface area contributed by atoms with Crippen LogP contribution < -0.4 is 0 Å². The third-order valence-corrected chi connectivity index (χ3v) is 14.1. The number of ether oxygens (including phenoxy) is 3. The molecule has 1 unspecified atom stereocenters. The van der Waals surface area contributed by atoms with E-state index in [2.05, 4.69) is 167 Å². The summed E-state index contributed by atoms with van der Waals surface area (Å²) in [7, 11) is 0. The van der Waals surface area contributed by atoms with Gasteiger partial charge in [0.25, 0.3) is 0 Å². The Morgan fingerprint density at radius 2 is 0.476 bits per heavy atom. The molecule has 0 spiro atoms. The van der Waals surface area contributed by atoms with Crippen LogP contribution in [-0.2, 0) is 28.6 Å². The molecule has 0 radical (unpaired) electrons. The van der Waals surface area contributed by atoms with Crippen LogP contribution in [0.5, 0.6) is 0 Å². The van der Waals surface area contributed by atoms with Crippen molar-refractivity contribution in [2.24, 2.45) is 0 Å². The Bertz CT molecular complexity index is 1780. The minimum atomic E-state index is -0.785. The maximum Gasteiger partial charge on any atom is 0.306 e. The van der Waals surface area contributed by atoms with Gasteiger partial charge in [0, 0.05) is 19.3 Å². The van der Waals surface area contributed by atoms with Gasteiger partial charge in [0.2, 0.25) is 0 Å². The molecule has 0 heterocycles. The van der Waals surface area contributed by atoms with Crippen molar-refractivity contribution < 1.29 is 28.6 Å². The Morgan fingerprint density at radius 3 is 0.744 bits per heavy atom. The highest BCUT2D eigenvalue weighted by Gasteiger charge is 2.19. The van der Waals surface area contributed by atoms with Crippen LogP contribution >= 0.6 is 0 Å². The van der Waals surface area contributed by atoms with Gasteiger partial charge in [0.1, 0.15) is 13.2 Å². The Balaban J connectivity index is 4.10. The van der Waals surface area contributed by atoms with Crippen molar-refractivity contribution >= 4 is 17.9 Å². The fourth-order valence-corrected chi connectivity index (χ4v) is 9.10. The molecule has 0 amide bonds. The molecule has 0 aliphatic rings. The summed E-state index contributed by atoms with van der Waals surface area (Å²) >= 11 is 0. The van der Waals surface area contributed by atoms with E-state index in [-0.39, 0.29) is 31.1 Å². The van der Waals surface area contributed by atoms with Crippen LogP contribution in [0.3, 0.4) is 0 Å². The molecule has 0 aliphatic heterocycles. The molecule has 0 N–H and O–H groups in total. The van der Waals surface area contributed by atoms with Crippen LogP contribution in [0, 0.1) is 0 Å². The van der Waals surface area contributed by atoms with E-state index in [0.717, 1.165) is 141 Å². The molecule has 82 heavy (non-hydrogen) atoms. The number of carbonyl (C=O) groups excluding carboxylic acids is 3. The van der Waals surface area contributed by atoms with E-state index in [1.165, 1.54) is 116 Å². The van der Waals surface area contributed by atoms with Crippen molar-refractivity contribution in [3.05, 3.63) is 146 Å². The highest BCUT2D eigenvalue weighted by Crippen LogP contribution is 2.16. The average Bonchev–Trinajstić information content (AvgIpc) is 3.47. The minimum Gasteiger partial charge on any atom is -0.462 e. The first-order valence-corrected chi connectivity index (χ1v) is 33.8. The molecule has 0 aromatic heterocycles. The summed E-state index contributed by atoms with van der Waals surface area (Å²) in [6, 6.07) is 0. The second-order valence-corrected chi connectivity index (χ2v) is 22.0. The lowest BCUT2D eigenvalue weighted by molar-refractivity contribution is -0.167. The normalized spacial score (nSPS) is 13.1. The highest BCUT2D eigenvalue weighted by atomic mass is 16.6. The molecule has 0 aromatic carbocycles. The second-order valence-electron chi connectivity index (χ2n) is 22.0. The van der Waals surface area contributed by atoms with Gasteiger partial charge in [-0.3, -0.25) is 14.4 Å². The summed E-state index contributed by atoms with van der Waals surface area (Å²) in [5.41, 5.74) is 0. The standard InChI is InChI=1S/C76H124O6/c1-4-7-10-13-16-18-20-22-24-26-28-30-32-34-35-36-37-38-39-40-41-43-44-46-48-50-52-54-56-58-60-63-66-69-75(78)81-72-73(71-80-74(77)68-65-62-15-12-9-6-3)82-76(79)70-67-64-61-59-57-55-53-51-49-47-45-42-33-31-29-27-25-23-21-19-17-14-11-8-5-2/h7-8,10-11,16-19,22-25,28-31,34-35,37-38,40-42,45,73H,4-6,9,12-15,20-21,26-27,32-33,36,39,43-44,46-72H2,1-3H3/b10-7-,11-8-,18-16-,19-17-,24-22-,25-23-,30-28-,31-29-,35-34-,38-37-,41-40-,45-42-. The van der Waals surface area contributed by atoms with Crippen LogP contribution in [-0.4, -0.2) is 37.2 Å². The largest absolute Gasteiger partial charge is 0.462 e. The zero-order valence-corrected chi connectivity index (χ0v) is 53.2. The number of unbranched alkanes of at least 4 members (excludes halogenated alkanes) is 25. The van der Waals surface area contributed by atoms with Gasteiger partial charge in [0.15, 0.2) is 6.10 Å². The number of carbonyl (C=O) groups is 3. The summed E-state index contributed by atoms with van der Waals surface area (Å²) in [5, 5.41) is 0. The van der Waals surface area contributed by atoms with Crippen molar-refractivity contribution in [2.45, 2.75) is 303 Å². The maximum atomic E-state index is 12.9. The lowest BCUT2D eigenvalue weighted by Gasteiger charge is -2.18. The van der Waals surface area contributed by atoms with Crippen LogP contribution in [0.1, 0.15) is 297 Å². The lowest BCUT2D eigenvalue weighted by atomic mass is 10.0. The summed E-state index contributed by atoms with van der Waals surface area (Å²) in [4.78, 5) is 38.1. The van der Waals surface area contributed by atoms with Crippen LogP contribution in [0.25, 0.3) is 0 Å². The van der Waals surface area contributed by atoms with E-state index in [1.807, 2.05) is 0 Å². The van der Waals surface area contributed by atoms with Gasteiger partial charge in [0.05, 0.1) is 0 Å². The predicted molar refractivity (Wildman–Crippen MR) is 357 cm³/mol. The van der Waals surface area contributed by atoms with Gasteiger partial charge < -0.3 is 14.2 Å². The predicted octanol–water partition coefficient (Wildman–Crippen LogP) is 23.5. The Kier molecular flexibility index (Phi) is 64.8. The smallest absolute Gasteiger partial charge is 0.306 e. The first-order chi connectivity index (χ1) is 40.5. The number of hydrogen-bond donors (Lipinski definition) is 0. The topological polar surface area (TPSA) is 78.9 Å². The Labute approximate surface area is 506 Å². The van der Waals surface area contributed by atoms with E-state index >= 15 is 0 Å². The fraction of sp³-hybridized carbons (Fsp3) is 0.645. The second kappa shape index (κ2) is 68.8. The van der Waals surface area contributed by atoms with Crippen LogP contribution in [0.4, 0.5) is 0 Å². The van der Waals surface area contributed by atoms with Gasteiger partial charge in [-0.15, -0.1) is 0 Å². The van der Waals surface area contributed by atoms with E-state index in [9.17, 15) is 14.4 Å². The van der Waals surface area contributed by atoms with Gasteiger partial charge in [-0.25, -0.2) is 0 Å². The molecule has 6 nitrogen and oxygen atoms in total. The first kappa shape index (κ1) is 77.3. The summed E-state index contributed by atoms with van der Waals surface area (Å²) in [5.74, 6) is -0.900. The van der Waals surface area contributed by atoms with Gasteiger partial charge >= 0.3 is 17.9 Å². The van der Waals surface area contributed by atoms with Gasteiger partial charge in [-0.2, -0.15) is 0 Å². The Morgan fingerprint density at radius 1 is 0.256 bits per heavy atom. The minimum absolute atomic E-state index is 0.0837. The number of esters is 3. The third-order valence-electron chi connectivity index (χ3n) is 14.1. The molecule has 6 heteroatoms. The molecule has 464 valence electrons. The fourth-order valence-electron chi connectivity index (χ4n) is 9.10. The molecule has 0 aromatic rings. The molecule has 0 aliphatic carbocycles. The maximum absolute atomic E-state index is 12.9.